The first-order valence-electron chi connectivity index (χ1n) is 6.45. The van der Waals surface area contributed by atoms with Crippen LogP contribution in [0.5, 0.6) is 0 Å². The van der Waals surface area contributed by atoms with Crippen LogP contribution in [-0.2, 0) is 10.2 Å². The number of benzene rings is 1. The second-order valence-corrected chi connectivity index (χ2v) is 5.33. The minimum Gasteiger partial charge on any atom is -0.355 e. The summed E-state index contributed by atoms with van der Waals surface area (Å²) in [6, 6.07) is 8.34. The van der Waals surface area contributed by atoms with Gasteiger partial charge in [0.15, 0.2) is 0 Å². The van der Waals surface area contributed by atoms with E-state index in [0.29, 0.717) is 13.0 Å². The van der Waals surface area contributed by atoms with Crippen molar-refractivity contribution in [1.82, 2.24) is 10.6 Å². The van der Waals surface area contributed by atoms with Gasteiger partial charge in [-0.05, 0) is 25.1 Å². The topological polar surface area (TPSA) is 41.1 Å². The summed E-state index contributed by atoms with van der Waals surface area (Å²) in [5.41, 5.74) is 2.52. The Morgan fingerprint density at radius 1 is 1.26 bits per heavy atom. The number of amides is 1. The van der Waals surface area contributed by atoms with Crippen LogP contribution >= 0.6 is 12.4 Å². The summed E-state index contributed by atoms with van der Waals surface area (Å²) in [4.78, 5) is 11.6. The van der Waals surface area contributed by atoms with Crippen molar-refractivity contribution in [3.8, 4) is 0 Å². The van der Waals surface area contributed by atoms with Gasteiger partial charge >= 0.3 is 0 Å². The Balaban J connectivity index is 0.00000324. The van der Waals surface area contributed by atoms with Gasteiger partial charge in [0.25, 0.3) is 0 Å². The quantitative estimate of drug-likeness (QED) is 0.842. The van der Waals surface area contributed by atoms with E-state index in [1.54, 1.807) is 0 Å². The second-order valence-electron chi connectivity index (χ2n) is 5.33. The van der Waals surface area contributed by atoms with Crippen LogP contribution in [0.25, 0.3) is 0 Å². The molecule has 0 saturated carbocycles. The Morgan fingerprint density at radius 3 is 2.47 bits per heavy atom. The third-order valence-corrected chi connectivity index (χ3v) is 3.20. The first kappa shape index (κ1) is 17.9. The minimum absolute atomic E-state index is 0. The first-order valence-corrected chi connectivity index (χ1v) is 6.45. The summed E-state index contributed by atoms with van der Waals surface area (Å²) in [6.45, 7) is 7.82. The van der Waals surface area contributed by atoms with Crippen LogP contribution in [0, 0.1) is 6.92 Å². The molecule has 0 spiro atoms. The van der Waals surface area contributed by atoms with E-state index < -0.39 is 0 Å². The maximum Gasteiger partial charge on any atom is 0.221 e. The summed E-state index contributed by atoms with van der Waals surface area (Å²) >= 11 is 0. The van der Waals surface area contributed by atoms with Crippen molar-refractivity contribution < 1.29 is 4.79 Å². The maximum atomic E-state index is 11.6. The molecule has 0 aliphatic rings. The summed E-state index contributed by atoms with van der Waals surface area (Å²) in [5.74, 6) is 0.103. The minimum atomic E-state index is -0.0410. The Labute approximate surface area is 122 Å². The molecule has 1 amide bonds. The van der Waals surface area contributed by atoms with Crippen LogP contribution < -0.4 is 10.6 Å². The van der Waals surface area contributed by atoms with E-state index in [1.807, 2.05) is 19.2 Å². The summed E-state index contributed by atoms with van der Waals surface area (Å²) in [5, 5.41) is 5.98. The summed E-state index contributed by atoms with van der Waals surface area (Å²) in [6.07, 6.45) is 0.528. The fourth-order valence-corrected chi connectivity index (χ4v) is 2.07. The van der Waals surface area contributed by atoms with Crippen LogP contribution in [0.4, 0.5) is 0 Å². The fraction of sp³-hybridized carbons (Fsp3) is 0.533. The highest BCUT2D eigenvalue weighted by molar-refractivity contribution is 5.85. The number of hydrogen-bond donors (Lipinski definition) is 2. The van der Waals surface area contributed by atoms with Crippen molar-refractivity contribution in [1.29, 1.82) is 0 Å². The molecule has 4 heteroatoms. The average Bonchev–Trinajstić information content (AvgIpc) is 2.34. The SMILES string of the molecule is CNCCC(=O)NCC(C)(C)c1ccccc1C.Cl. The zero-order valence-electron chi connectivity index (χ0n) is 12.2. The van der Waals surface area contributed by atoms with Gasteiger partial charge in [0, 0.05) is 24.9 Å². The van der Waals surface area contributed by atoms with Gasteiger partial charge < -0.3 is 10.6 Å². The van der Waals surface area contributed by atoms with E-state index in [0.717, 1.165) is 6.54 Å². The van der Waals surface area contributed by atoms with E-state index in [1.165, 1.54) is 11.1 Å². The molecule has 0 unspecified atom stereocenters. The predicted octanol–water partition coefficient (Wildman–Crippen LogP) is 2.42. The molecule has 0 heterocycles. The van der Waals surface area contributed by atoms with Gasteiger partial charge in [-0.2, -0.15) is 0 Å². The summed E-state index contributed by atoms with van der Waals surface area (Å²) in [7, 11) is 1.85. The predicted molar refractivity (Wildman–Crippen MR) is 83.0 cm³/mol. The molecule has 0 aromatic heterocycles. The molecule has 0 fully saturated rings. The number of carbonyl (C=O) groups excluding carboxylic acids is 1. The number of hydrogen-bond acceptors (Lipinski definition) is 2. The smallest absolute Gasteiger partial charge is 0.221 e. The van der Waals surface area contributed by atoms with Crippen LogP contribution in [0.1, 0.15) is 31.4 Å². The number of rotatable bonds is 6. The molecule has 1 aromatic rings. The van der Waals surface area contributed by atoms with Crippen LogP contribution in [0.2, 0.25) is 0 Å². The highest BCUT2D eigenvalue weighted by Crippen LogP contribution is 2.25. The van der Waals surface area contributed by atoms with E-state index in [2.05, 4.69) is 43.5 Å². The fourth-order valence-electron chi connectivity index (χ4n) is 2.07. The van der Waals surface area contributed by atoms with Crippen molar-refractivity contribution in [2.75, 3.05) is 20.1 Å². The van der Waals surface area contributed by atoms with Crippen molar-refractivity contribution in [2.45, 2.75) is 32.6 Å². The second kappa shape index (κ2) is 8.18. The molecule has 2 N–H and O–H groups in total. The lowest BCUT2D eigenvalue weighted by molar-refractivity contribution is -0.121. The standard InChI is InChI=1S/C15H24N2O.ClH/c1-12-7-5-6-8-13(12)15(2,3)11-17-14(18)9-10-16-4;/h5-8,16H,9-11H2,1-4H3,(H,17,18);1H. The third-order valence-electron chi connectivity index (χ3n) is 3.20. The Bertz CT molecular complexity index is 405. The molecule has 1 rings (SSSR count). The zero-order chi connectivity index (χ0) is 13.6. The van der Waals surface area contributed by atoms with Gasteiger partial charge in [-0.25, -0.2) is 0 Å². The van der Waals surface area contributed by atoms with E-state index in [4.69, 9.17) is 0 Å². The highest BCUT2D eigenvalue weighted by atomic mass is 35.5. The van der Waals surface area contributed by atoms with E-state index >= 15 is 0 Å². The molecule has 1 aromatic carbocycles. The third kappa shape index (κ3) is 5.62. The maximum absolute atomic E-state index is 11.6. The largest absolute Gasteiger partial charge is 0.355 e. The van der Waals surface area contributed by atoms with Crippen molar-refractivity contribution in [2.24, 2.45) is 0 Å². The van der Waals surface area contributed by atoms with E-state index in [-0.39, 0.29) is 23.7 Å². The molecule has 19 heavy (non-hydrogen) atoms. The van der Waals surface area contributed by atoms with Gasteiger partial charge in [-0.3, -0.25) is 4.79 Å². The molecule has 0 bridgehead atoms. The lowest BCUT2D eigenvalue weighted by Crippen LogP contribution is -2.37. The van der Waals surface area contributed by atoms with Gasteiger partial charge in [0.2, 0.25) is 5.91 Å². The number of aryl methyl sites for hydroxylation is 1. The van der Waals surface area contributed by atoms with Gasteiger partial charge in [0.1, 0.15) is 0 Å². The van der Waals surface area contributed by atoms with E-state index in [9.17, 15) is 4.79 Å². The monoisotopic (exact) mass is 284 g/mol. The molecule has 3 nitrogen and oxygen atoms in total. The Morgan fingerprint density at radius 2 is 1.89 bits per heavy atom. The Hall–Kier alpha value is -1.06. The van der Waals surface area contributed by atoms with Crippen LogP contribution in [0.3, 0.4) is 0 Å². The molecule has 0 aliphatic heterocycles. The average molecular weight is 285 g/mol. The first-order chi connectivity index (χ1) is 8.47. The molecular weight excluding hydrogens is 260 g/mol. The van der Waals surface area contributed by atoms with Crippen molar-refractivity contribution in [3.05, 3.63) is 35.4 Å². The molecule has 0 atom stereocenters. The van der Waals surface area contributed by atoms with Gasteiger partial charge in [-0.1, -0.05) is 38.1 Å². The van der Waals surface area contributed by atoms with Crippen LogP contribution in [0.15, 0.2) is 24.3 Å². The molecule has 0 aliphatic carbocycles. The molecular formula is C15H25ClN2O. The normalized spacial score (nSPS) is 10.7. The van der Waals surface area contributed by atoms with Crippen LogP contribution in [-0.4, -0.2) is 26.0 Å². The molecule has 108 valence electrons. The van der Waals surface area contributed by atoms with Crippen molar-refractivity contribution in [3.63, 3.8) is 0 Å². The molecule has 0 saturated heterocycles. The lowest BCUT2D eigenvalue weighted by atomic mass is 9.82. The number of carbonyl (C=O) groups is 1. The van der Waals surface area contributed by atoms with Crippen molar-refractivity contribution >= 4 is 18.3 Å². The number of nitrogens with one attached hydrogen (secondary N) is 2. The summed E-state index contributed by atoms with van der Waals surface area (Å²) < 4.78 is 0. The highest BCUT2D eigenvalue weighted by Gasteiger charge is 2.22. The molecule has 0 radical (unpaired) electrons. The lowest BCUT2D eigenvalue weighted by Gasteiger charge is -2.27. The van der Waals surface area contributed by atoms with Gasteiger partial charge in [-0.15, -0.1) is 12.4 Å². The Kier molecular flexibility index (Phi) is 7.72. The number of halogens is 1. The zero-order valence-corrected chi connectivity index (χ0v) is 13.1. The van der Waals surface area contributed by atoms with Gasteiger partial charge in [0.05, 0.1) is 0 Å².